The van der Waals surface area contributed by atoms with Crippen LogP contribution >= 0.6 is 11.6 Å². The van der Waals surface area contributed by atoms with Crippen LogP contribution in [-0.4, -0.2) is 44.7 Å². The molecular formula is C17H20ClFN4O. The molecule has 7 heteroatoms. The maximum absolute atomic E-state index is 14.3. The van der Waals surface area contributed by atoms with E-state index in [4.69, 9.17) is 11.6 Å². The molecule has 5 nitrogen and oxygen atoms in total. The van der Waals surface area contributed by atoms with Gasteiger partial charge in [0.2, 0.25) is 0 Å². The van der Waals surface area contributed by atoms with Gasteiger partial charge in [-0.25, -0.2) is 9.18 Å². The van der Waals surface area contributed by atoms with E-state index in [1.165, 1.54) is 10.9 Å². The van der Waals surface area contributed by atoms with Crippen molar-refractivity contribution in [3.8, 4) is 11.3 Å². The Balaban J connectivity index is 1.93. The number of carbonyl (C=O) groups excluding carboxylic acids is 1. The van der Waals surface area contributed by atoms with Crippen molar-refractivity contribution >= 4 is 17.6 Å². The van der Waals surface area contributed by atoms with Crippen LogP contribution in [0, 0.1) is 0 Å². The van der Waals surface area contributed by atoms with Crippen LogP contribution in [0.15, 0.2) is 30.5 Å². The van der Waals surface area contributed by atoms with E-state index in [0.717, 1.165) is 12.8 Å². The summed E-state index contributed by atoms with van der Waals surface area (Å²) in [5.74, 6) is 0. The second kappa shape index (κ2) is 7.30. The van der Waals surface area contributed by atoms with Gasteiger partial charge in [-0.05, 0) is 25.8 Å². The number of nitrogens with zero attached hydrogens (tertiary/aromatic N) is 4. The first-order chi connectivity index (χ1) is 11.6. The lowest BCUT2D eigenvalue weighted by Gasteiger charge is -2.35. The van der Waals surface area contributed by atoms with Crippen molar-refractivity contribution in [1.29, 1.82) is 0 Å². The van der Waals surface area contributed by atoms with Gasteiger partial charge < -0.3 is 4.90 Å². The first-order valence-corrected chi connectivity index (χ1v) is 8.62. The van der Waals surface area contributed by atoms with Crippen LogP contribution in [0.4, 0.5) is 9.18 Å². The number of halogens is 2. The van der Waals surface area contributed by atoms with Crippen LogP contribution in [0.3, 0.4) is 0 Å². The standard InChI is InChI=1S/C17H20ClFN4O/c1-2-22(15-10-6-5-9-14(15)19)17(24)23-16(11-20-21-23)12-7-3-4-8-13(12)18/h3-4,7-8,11,14-15H,2,5-6,9-10H2,1H3. The average Bonchev–Trinajstić information content (AvgIpc) is 3.07. The van der Waals surface area contributed by atoms with Crippen molar-refractivity contribution in [1.82, 2.24) is 19.9 Å². The lowest BCUT2D eigenvalue weighted by atomic mass is 9.92. The third-order valence-electron chi connectivity index (χ3n) is 4.51. The van der Waals surface area contributed by atoms with Crippen molar-refractivity contribution in [2.45, 2.75) is 44.8 Å². The van der Waals surface area contributed by atoms with Gasteiger partial charge in [0, 0.05) is 12.1 Å². The first kappa shape index (κ1) is 16.9. The summed E-state index contributed by atoms with van der Waals surface area (Å²) >= 11 is 6.22. The van der Waals surface area contributed by atoms with E-state index in [9.17, 15) is 9.18 Å². The lowest BCUT2D eigenvalue weighted by molar-refractivity contribution is 0.0964. The molecule has 0 radical (unpaired) electrons. The summed E-state index contributed by atoms with van der Waals surface area (Å²) in [7, 11) is 0. The summed E-state index contributed by atoms with van der Waals surface area (Å²) in [6, 6.07) is 6.43. The Kier molecular flexibility index (Phi) is 5.14. The zero-order chi connectivity index (χ0) is 17.1. The predicted molar refractivity (Wildman–Crippen MR) is 90.8 cm³/mol. The quantitative estimate of drug-likeness (QED) is 0.834. The summed E-state index contributed by atoms with van der Waals surface area (Å²) < 4.78 is 15.5. The van der Waals surface area contributed by atoms with Crippen molar-refractivity contribution in [3.63, 3.8) is 0 Å². The highest BCUT2D eigenvalue weighted by Crippen LogP contribution is 2.29. The van der Waals surface area contributed by atoms with Crippen molar-refractivity contribution in [2.24, 2.45) is 0 Å². The SMILES string of the molecule is CCN(C(=O)n1nncc1-c1ccccc1Cl)C1CCCCC1F. The molecule has 2 unspecified atom stereocenters. The fraction of sp³-hybridized carbons (Fsp3) is 0.471. The van der Waals surface area contributed by atoms with Gasteiger partial charge in [-0.15, -0.1) is 5.10 Å². The molecule has 0 aliphatic heterocycles. The number of aromatic nitrogens is 3. The van der Waals surface area contributed by atoms with Crippen LogP contribution in [-0.2, 0) is 0 Å². The summed E-state index contributed by atoms with van der Waals surface area (Å²) in [5.41, 5.74) is 1.18. The Morgan fingerprint density at radius 2 is 2.12 bits per heavy atom. The summed E-state index contributed by atoms with van der Waals surface area (Å²) in [6.45, 7) is 2.27. The monoisotopic (exact) mass is 350 g/mol. The van der Waals surface area contributed by atoms with Crippen LogP contribution in [0.25, 0.3) is 11.3 Å². The Bertz CT molecular complexity index is 720. The molecule has 0 saturated heterocycles. The molecule has 2 aromatic rings. The molecule has 1 aliphatic carbocycles. The average molecular weight is 351 g/mol. The number of benzene rings is 1. The molecule has 1 aromatic carbocycles. The third-order valence-corrected chi connectivity index (χ3v) is 4.84. The zero-order valence-corrected chi connectivity index (χ0v) is 14.3. The molecule has 1 aliphatic rings. The smallest absolute Gasteiger partial charge is 0.317 e. The molecule has 128 valence electrons. The normalized spacial score (nSPS) is 20.8. The Hall–Kier alpha value is -1.95. The number of hydrogen-bond donors (Lipinski definition) is 0. The highest BCUT2D eigenvalue weighted by molar-refractivity contribution is 6.33. The number of amides is 1. The minimum Gasteiger partial charge on any atom is -0.317 e. The molecule has 1 fully saturated rings. The third kappa shape index (κ3) is 3.15. The number of rotatable bonds is 3. The summed E-state index contributed by atoms with van der Waals surface area (Å²) in [5, 5.41) is 8.28. The van der Waals surface area contributed by atoms with Gasteiger partial charge in [0.15, 0.2) is 0 Å². The number of alkyl halides is 1. The van der Waals surface area contributed by atoms with E-state index in [1.54, 1.807) is 17.0 Å². The Morgan fingerprint density at radius 3 is 2.83 bits per heavy atom. The van der Waals surface area contributed by atoms with Gasteiger partial charge in [-0.2, -0.15) is 4.68 Å². The molecular weight excluding hydrogens is 331 g/mol. The van der Waals surface area contributed by atoms with E-state index in [2.05, 4.69) is 10.3 Å². The fourth-order valence-electron chi connectivity index (χ4n) is 3.28. The van der Waals surface area contributed by atoms with Gasteiger partial charge in [-0.3, -0.25) is 0 Å². The van der Waals surface area contributed by atoms with Crippen LogP contribution in [0.1, 0.15) is 32.6 Å². The predicted octanol–water partition coefficient (Wildman–Crippen LogP) is 4.17. The minimum atomic E-state index is -0.991. The maximum atomic E-state index is 14.3. The topological polar surface area (TPSA) is 51.0 Å². The van der Waals surface area contributed by atoms with Crippen LogP contribution < -0.4 is 0 Å². The van der Waals surface area contributed by atoms with E-state index < -0.39 is 12.2 Å². The molecule has 0 spiro atoms. The van der Waals surface area contributed by atoms with Gasteiger partial charge in [-0.1, -0.05) is 47.9 Å². The molecule has 0 bridgehead atoms. The highest BCUT2D eigenvalue weighted by atomic mass is 35.5. The molecule has 0 N–H and O–H groups in total. The second-order valence-corrected chi connectivity index (χ2v) is 6.35. The van der Waals surface area contributed by atoms with E-state index in [0.29, 0.717) is 35.7 Å². The molecule has 1 saturated carbocycles. The molecule has 3 rings (SSSR count). The lowest BCUT2D eigenvalue weighted by Crippen LogP contribution is -2.48. The van der Waals surface area contributed by atoms with Crippen molar-refractivity contribution in [3.05, 3.63) is 35.5 Å². The molecule has 2 atom stereocenters. The van der Waals surface area contributed by atoms with E-state index >= 15 is 0 Å². The second-order valence-electron chi connectivity index (χ2n) is 5.95. The zero-order valence-electron chi connectivity index (χ0n) is 13.5. The molecule has 24 heavy (non-hydrogen) atoms. The van der Waals surface area contributed by atoms with E-state index in [-0.39, 0.29) is 6.03 Å². The maximum Gasteiger partial charge on any atom is 0.347 e. The van der Waals surface area contributed by atoms with Crippen molar-refractivity contribution in [2.75, 3.05) is 6.54 Å². The van der Waals surface area contributed by atoms with E-state index in [1.807, 2.05) is 19.1 Å². The fourth-order valence-corrected chi connectivity index (χ4v) is 3.51. The van der Waals surface area contributed by atoms with Gasteiger partial charge >= 0.3 is 6.03 Å². The Labute approximate surface area is 145 Å². The Morgan fingerprint density at radius 1 is 1.38 bits per heavy atom. The summed E-state index contributed by atoms with van der Waals surface area (Å²) in [6.07, 6.45) is 3.50. The van der Waals surface area contributed by atoms with Crippen LogP contribution in [0.2, 0.25) is 5.02 Å². The molecule has 1 aromatic heterocycles. The minimum absolute atomic E-state index is 0.362. The summed E-state index contributed by atoms with van der Waals surface area (Å²) in [4.78, 5) is 14.5. The highest BCUT2D eigenvalue weighted by Gasteiger charge is 2.34. The van der Waals surface area contributed by atoms with Gasteiger partial charge in [0.05, 0.1) is 17.3 Å². The number of hydrogen-bond acceptors (Lipinski definition) is 3. The number of carbonyl (C=O) groups is 1. The molecule has 1 heterocycles. The van der Waals surface area contributed by atoms with Gasteiger partial charge in [0.25, 0.3) is 0 Å². The van der Waals surface area contributed by atoms with Gasteiger partial charge in [0.1, 0.15) is 11.9 Å². The van der Waals surface area contributed by atoms with Crippen molar-refractivity contribution < 1.29 is 9.18 Å². The van der Waals surface area contributed by atoms with Crippen LogP contribution in [0.5, 0.6) is 0 Å². The first-order valence-electron chi connectivity index (χ1n) is 8.24. The largest absolute Gasteiger partial charge is 0.347 e. The molecule has 1 amide bonds.